The molecular weight excluding hydrogens is 336 g/mol. The van der Waals surface area contributed by atoms with Crippen LogP contribution in [0.25, 0.3) is 6.08 Å². The highest BCUT2D eigenvalue weighted by atomic mass is 35.5. The fraction of sp³-hybridized carbons (Fsp3) is 0.200. The van der Waals surface area contributed by atoms with Gasteiger partial charge in [0.25, 0.3) is 0 Å². The van der Waals surface area contributed by atoms with Crippen LogP contribution >= 0.6 is 11.6 Å². The first-order valence-corrected chi connectivity index (χ1v) is 8.32. The number of nitrogens with one attached hydrogen (secondary N) is 2. The van der Waals surface area contributed by atoms with E-state index < -0.39 is 0 Å². The molecule has 2 N–H and O–H groups in total. The highest BCUT2D eigenvalue weighted by molar-refractivity contribution is 6.30. The molecule has 0 saturated carbocycles. The van der Waals surface area contributed by atoms with E-state index in [0.29, 0.717) is 5.02 Å². The zero-order valence-corrected chi connectivity index (χ0v) is 15.3. The topological polar surface area (TPSA) is 58.2 Å². The summed E-state index contributed by atoms with van der Waals surface area (Å²) < 4.78 is 0. The fourth-order valence-corrected chi connectivity index (χ4v) is 2.66. The SMILES string of the molecule is Cc1cc(C)c(NC(=O)CNC(=O)/C=C/c2ccc(Cl)cc2)c(C)c1. The third-order valence-electron chi connectivity index (χ3n) is 3.66. The lowest BCUT2D eigenvalue weighted by Crippen LogP contribution is -2.32. The van der Waals surface area contributed by atoms with E-state index in [0.717, 1.165) is 27.9 Å². The predicted molar refractivity (Wildman–Crippen MR) is 103 cm³/mol. The van der Waals surface area contributed by atoms with Crippen molar-refractivity contribution in [3.63, 3.8) is 0 Å². The number of halogens is 1. The summed E-state index contributed by atoms with van der Waals surface area (Å²) in [7, 11) is 0. The Hall–Kier alpha value is -2.59. The molecule has 0 radical (unpaired) electrons. The van der Waals surface area contributed by atoms with Gasteiger partial charge >= 0.3 is 0 Å². The lowest BCUT2D eigenvalue weighted by molar-refractivity contribution is -0.121. The highest BCUT2D eigenvalue weighted by Crippen LogP contribution is 2.21. The molecule has 130 valence electrons. The van der Waals surface area contributed by atoms with E-state index in [1.807, 2.05) is 45.0 Å². The van der Waals surface area contributed by atoms with Gasteiger partial charge in [-0.1, -0.05) is 41.4 Å². The van der Waals surface area contributed by atoms with E-state index in [9.17, 15) is 9.59 Å². The van der Waals surface area contributed by atoms with Crippen molar-refractivity contribution in [3.8, 4) is 0 Å². The number of carbonyl (C=O) groups excluding carboxylic acids is 2. The van der Waals surface area contributed by atoms with Crippen molar-refractivity contribution in [1.29, 1.82) is 0 Å². The Morgan fingerprint density at radius 3 is 2.24 bits per heavy atom. The van der Waals surface area contributed by atoms with Gasteiger partial charge in [-0.25, -0.2) is 0 Å². The van der Waals surface area contributed by atoms with E-state index in [1.165, 1.54) is 6.08 Å². The molecule has 0 heterocycles. The van der Waals surface area contributed by atoms with Crippen LogP contribution in [0, 0.1) is 20.8 Å². The third-order valence-corrected chi connectivity index (χ3v) is 3.91. The standard InChI is InChI=1S/C20H21ClN2O2/c1-13-10-14(2)20(15(3)11-13)23-19(25)12-22-18(24)9-6-16-4-7-17(21)8-5-16/h4-11H,12H2,1-3H3,(H,22,24)(H,23,25)/b9-6+. The lowest BCUT2D eigenvalue weighted by Gasteiger charge is -2.13. The Bertz CT molecular complexity index is 788. The Kier molecular flexibility index (Phi) is 6.37. The first kappa shape index (κ1) is 18.7. The van der Waals surface area contributed by atoms with Gasteiger partial charge in [0.15, 0.2) is 0 Å². The van der Waals surface area contributed by atoms with Crippen molar-refractivity contribution in [2.75, 3.05) is 11.9 Å². The monoisotopic (exact) mass is 356 g/mol. The van der Waals surface area contributed by atoms with Gasteiger partial charge in [-0.2, -0.15) is 0 Å². The minimum atomic E-state index is -0.331. The van der Waals surface area contributed by atoms with Crippen LogP contribution in [-0.4, -0.2) is 18.4 Å². The number of aryl methyl sites for hydroxylation is 3. The molecule has 5 heteroatoms. The van der Waals surface area contributed by atoms with Crippen LogP contribution in [0.5, 0.6) is 0 Å². The number of benzene rings is 2. The Morgan fingerprint density at radius 2 is 1.64 bits per heavy atom. The van der Waals surface area contributed by atoms with E-state index >= 15 is 0 Å². The van der Waals surface area contributed by atoms with Crippen molar-refractivity contribution in [3.05, 3.63) is 69.8 Å². The van der Waals surface area contributed by atoms with Gasteiger partial charge < -0.3 is 10.6 Å². The van der Waals surface area contributed by atoms with Crippen molar-refractivity contribution in [1.82, 2.24) is 5.32 Å². The van der Waals surface area contributed by atoms with Crippen LogP contribution in [0.2, 0.25) is 5.02 Å². The summed E-state index contributed by atoms with van der Waals surface area (Å²) in [6, 6.07) is 11.1. The summed E-state index contributed by atoms with van der Waals surface area (Å²) in [5.41, 5.74) is 4.80. The van der Waals surface area contributed by atoms with Gasteiger partial charge in [0.2, 0.25) is 11.8 Å². The molecule has 0 fully saturated rings. The average Bonchev–Trinajstić information content (AvgIpc) is 2.55. The Balaban J connectivity index is 1.87. The minimum absolute atomic E-state index is 0.0868. The van der Waals surface area contributed by atoms with Gasteiger partial charge in [0.1, 0.15) is 0 Å². The molecule has 0 aromatic heterocycles. The second-order valence-electron chi connectivity index (χ2n) is 5.92. The molecule has 0 spiro atoms. The number of hydrogen-bond donors (Lipinski definition) is 2. The summed E-state index contributed by atoms with van der Waals surface area (Å²) in [4.78, 5) is 23.9. The molecule has 25 heavy (non-hydrogen) atoms. The lowest BCUT2D eigenvalue weighted by atomic mass is 10.1. The van der Waals surface area contributed by atoms with E-state index in [2.05, 4.69) is 10.6 Å². The summed E-state index contributed by atoms with van der Waals surface area (Å²) in [5, 5.41) is 6.06. The van der Waals surface area contributed by atoms with Crippen LogP contribution in [0.1, 0.15) is 22.3 Å². The highest BCUT2D eigenvalue weighted by Gasteiger charge is 2.09. The Morgan fingerprint density at radius 1 is 1.04 bits per heavy atom. The maximum atomic E-state index is 12.1. The molecule has 0 bridgehead atoms. The summed E-state index contributed by atoms with van der Waals surface area (Å²) >= 11 is 5.81. The van der Waals surface area contributed by atoms with E-state index in [1.54, 1.807) is 18.2 Å². The molecule has 2 aromatic carbocycles. The summed E-state index contributed by atoms with van der Waals surface area (Å²) in [6.45, 7) is 5.82. The number of anilines is 1. The van der Waals surface area contributed by atoms with Crippen LogP contribution in [0.3, 0.4) is 0 Å². The summed E-state index contributed by atoms with van der Waals surface area (Å²) in [6.07, 6.45) is 3.05. The molecule has 0 saturated heterocycles. The first-order chi connectivity index (χ1) is 11.8. The number of carbonyl (C=O) groups is 2. The largest absolute Gasteiger partial charge is 0.343 e. The third kappa shape index (κ3) is 5.76. The van der Waals surface area contributed by atoms with Crippen LogP contribution < -0.4 is 10.6 Å². The van der Waals surface area contributed by atoms with Crippen molar-refractivity contribution in [2.24, 2.45) is 0 Å². The quantitative estimate of drug-likeness (QED) is 0.794. The van der Waals surface area contributed by atoms with Crippen molar-refractivity contribution >= 4 is 35.2 Å². The van der Waals surface area contributed by atoms with Gasteiger partial charge in [-0.05, 0) is 55.7 Å². The molecule has 0 unspecified atom stereocenters. The van der Waals surface area contributed by atoms with Gasteiger partial charge in [0, 0.05) is 16.8 Å². The van der Waals surface area contributed by atoms with Crippen LogP contribution in [0.4, 0.5) is 5.69 Å². The summed E-state index contributed by atoms with van der Waals surface area (Å²) in [5.74, 6) is -0.592. The maximum absolute atomic E-state index is 12.1. The smallest absolute Gasteiger partial charge is 0.244 e. The molecular formula is C20H21ClN2O2. The number of amides is 2. The fourth-order valence-electron chi connectivity index (χ4n) is 2.53. The van der Waals surface area contributed by atoms with Crippen molar-refractivity contribution in [2.45, 2.75) is 20.8 Å². The van der Waals surface area contributed by atoms with E-state index in [-0.39, 0.29) is 18.4 Å². The minimum Gasteiger partial charge on any atom is -0.343 e. The molecule has 2 rings (SSSR count). The zero-order valence-electron chi connectivity index (χ0n) is 14.5. The van der Waals surface area contributed by atoms with Gasteiger partial charge in [-0.15, -0.1) is 0 Å². The molecule has 2 amide bonds. The van der Waals surface area contributed by atoms with Gasteiger partial charge in [0.05, 0.1) is 6.54 Å². The average molecular weight is 357 g/mol. The van der Waals surface area contributed by atoms with Crippen LogP contribution in [0.15, 0.2) is 42.5 Å². The number of hydrogen-bond acceptors (Lipinski definition) is 2. The molecule has 2 aromatic rings. The molecule has 0 aliphatic heterocycles. The molecule has 4 nitrogen and oxygen atoms in total. The second-order valence-corrected chi connectivity index (χ2v) is 6.36. The number of rotatable bonds is 5. The van der Waals surface area contributed by atoms with Crippen LogP contribution in [-0.2, 0) is 9.59 Å². The zero-order chi connectivity index (χ0) is 18.4. The first-order valence-electron chi connectivity index (χ1n) is 7.94. The maximum Gasteiger partial charge on any atom is 0.244 e. The predicted octanol–water partition coefficient (Wildman–Crippen LogP) is 4.03. The van der Waals surface area contributed by atoms with Gasteiger partial charge in [-0.3, -0.25) is 9.59 Å². The molecule has 0 aliphatic rings. The Labute approximate surface area is 152 Å². The second kappa shape index (κ2) is 8.49. The normalized spacial score (nSPS) is 10.7. The van der Waals surface area contributed by atoms with Crippen molar-refractivity contribution < 1.29 is 9.59 Å². The molecule has 0 aliphatic carbocycles. The van der Waals surface area contributed by atoms with E-state index in [4.69, 9.17) is 11.6 Å². The molecule has 0 atom stereocenters.